The lowest BCUT2D eigenvalue weighted by Crippen LogP contribution is -2.48. The largest absolute Gasteiger partial charge is 0.322 e. The third kappa shape index (κ3) is 1.96. The monoisotopic (exact) mass is 248 g/mol. The van der Waals surface area contributed by atoms with Gasteiger partial charge in [-0.1, -0.05) is 12.2 Å². The second kappa shape index (κ2) is 4.96. The molecule has 2 saturated heterocycles. The summed E-state index contributed by atoms with van der Waals surface area (Å²) in [5.74, 6) is 0.0143. The van der Waals surface area contributed by atoms with Crippen molar-refractivity contribution in [2.24, 2.45) is 11.8 Å². The van der Waals surface area contributed by atoms with Crippen molar-refractivity contribution in [2.75, 3.05) is 13.1 Å². The maximum Gasteiger partial charge on any atom is 0.231 e. The summed E-state index contributed by atoms with van der Waals surface area (Å²) in [7, 11) is 0. The molecule has 0 aliphatic carbocycles. The van der Waals surface area contributed by atoms with E-state index in [-0.39, 0.29) is 29.8 Å². The van der Waals surface area contributed by atoms with Crippen LogP contribution < -0.4 is 0 Å². The van der Waals surface area contributed by atoms with Gasteiger partial charge in [-0.25, -0.2) is 0 Å². The second-order valence-electron chi connectivity index (χ2n) is 4.96. The molecule has 2 amide bonds. The number of carbonyl (C=O) groups excluding carboxylic acids is 2. The van der Waals surface area contributed by atoms with Gasteiger partial charge in [0.25, 0.3) is 0 Å². The fourth-order valence-corrected chi connectivity index (χ4v) is 2.80. The highest BCUT2D eigenvalue weighted by Crippen LogP contribution is 2.27. The van der Waals surface area contributed by atoms with E-state index in [9.17, 15) is 9.59 Å². The highest BCUT2D eigenvalue weighted by Gasteiger charge is 2.39. The van der Waals surface area contributed by atoms with E-state index in [1.807, 2.05) is 6.92 Å². The van der Waals surface area contributed by atoms with Crippen LogP contribution in [-0.4, -0.2) is 40.9 Å². The van der Waals surface area contributed by atoms with Gasteiger partial charge in [-0.2, -0.15) is 0 Å². The minimum absolute atomic E-state index is 0.0830. The Morgan fingerprint density at radius 1 is 1.06 bits per heavy atom. The van der Waals surface area contributed by atoms with Gasteiger partial charge in [0.05, 0.1) is 11.8 Å². The lowest BCUT2D eigenvalue weighted by molar-refractivity contribution is -0.141. The molecular weight excluding hydrogens is 228 g/mol. The Kier molecular flexibility index (Phi) is 3.55. The van der Waals surface area contributed by atoms with E-state index in [1.54, 1.807) is 22.0 Å². The molecule has 2 heterocycles. The molecule has 4 nitrogen and oxygen atoms in total. The number of nitrogens with zero attached hydrogens (tertiary/aromatic N) is 2. The number of carbonyl (C=O) groups is 2. The molecule has 0 spiro atoms. The zero-order valence-corrected chi connectivity index (χ0v) is 10.8. The molecule has 0 N–H and O–H groups in total. The first-order chi connectivity index (χ1) is 8.60. The van der Waals surface area contributed by atoms with Gasteiger partial charge in [0.15, 0.2) is 0 Å². The SMILES string of the molecule is C=CC1CCN(C(C)N2CCC(C=C)C2=O)C1=O. The first-order valence-corrected chi connectivity index (χ1v) is 6.46. The van der Waals surface area contributed by atoms with Crippen molar-refractivity contribution in [1.29, 1.82) is 0 Å². The highest BCUT2D eigenvalue weighted by atomic mass is 16.2. The van der Waals surface area contributed by atoms with Crippen LogP contribution >= 0.6 is 0 Å². The van der Waals surface area contributed by atoms with Crippen LogP contribution in [0.3, 0.4) is 0 Å². The van der Waals surface area contributed by atoms with Crippen molar-refractivity contribution < 1.29 is 9.59 Å². The quantitative estimate of drug-likeness (QED) is 0.706. The van der Waals surface area contributed by atoms with Crippen LogP contribution in [0.15, 0.2) is 25.3 Å². The molecule has 18 heavy (non-hydrogen) atoms. The lowest BCUT2D eigenvalue weighted by Gasteiger charge is -2.32. The fraction of sp³-hybridized carbons (Fsp3) is 0.571. The minimum Gasteiger partial charge on any atom is -0.322 e. The van der Waals surface area contributed by atoms with Gasteiger partial charge < -0.3 is 9.80 Å². The number of hydrogen-bond donors (Lipinski definition) is 0. The Bertz CT molecular complexity index is 355. The molecule has 2 rings (SSSR count). The van der Waals surface area contributed by atoms with E-state index < -0.39 is 0 Å². The van der Waals surface area contributed by atoms with Crippen molar-refractivity contribution in [2.45, 2.75) is 25.9 Å². The van der Waals surface area contributed by atoms with Gasteiger partial charge in [0.2, 0.25) is 11.8 Å². The summed E-state index contributed by atoms with van der Waals surface area (Å²) in [6, 6.07) is 0. The van der Waals surface area contributed by atoms with Crippen LogP contribution in [0.25, 0.3) is 0 Å². The molecule has 4 heteroatoms. The Balaban J connectivity index is 2.07. The summed E-state index contributed by atoms with van der Waals surface area (Å²) in [4.78, 5) is 27.8. The molecule has 98 valence electrons. The van der Waals surface area contributed by atoms with Gasteiger partial charge in [0, 0.05) is 13.1 Å². The van der Waals surface area contributed by atoms with E-state index >= 15 is 0 Å². The Morgan fingerprint density at radius 2 is 1.44 bits per heavy atom. The average molecular weight is 248 g/mol. The number of rotatable bonds is 4. The summed E-state index contributed by atoms with van der Waals surface area (Å²) >= 11 is 0. The van der Waals surface area contributed by atoms with E-state index in [1.165, 1.54) is 0 Å². The molecule has 0 aromatic heterocycles. The molecule has 2 aliphatic heterocycles. The summed E-state index contributed by atoms with van der Waals surface area (Å²) in [6.07, 6.45) is 4.86. The van der Waals surface area contributed by atoms with Crippen LogP contribution in [0.2, 0.25) is 0 Å². The van der Waals surface area contributed by atoms with E-state index in [2.05, 4.69) is 13.2 Å². The number of amides is 2. The van der Waals surface area contributed by atoms with Gasteiger partial charge in [-0.05, 0) is 19.8 Å². The van der Waals surface area contributed by atoms with E-state index in [0.717, 1.165) is 12.8 Å². The Morgan fingerprint density at radius 3 is 1.72 bits per heavy atom. The van der Waals surface area contributed by atoms with Crippen LogP contribution in [0.4, 0.5) is 0 Å². The first-order valence-electron chi connectivity index (χ1n) is 6.46. The summed E-state index contributed by atoms with van der Waals surface area (Å²) < 4.78 is 0. The molecule has 0 radical (unpaired) electrons. The van der Waals surface area contributed by atoms with Crippen molar-refractivity contribution >= 4 is 11.8 Å². The molecule has 2 aliphatic rings. The average Bonchev–Trinajstić information content (AvgIpc) is 2.91. The van der Waals surface area contributed by atoms with Crippen LogP contribution in [0, 0.1) is 11.8 Å². The third-order valence-electron chi connectivity index (χ3n) is 4.03. The molecule has 0 aromatic rings. The maximum atomic E-state index is 12.1. The Hall–Kier alpha value is -1.58. The fourth-order valence-electron chi connectivity index (χ4n) is 2.80. The second-order valence-corrected chi connectivity index (χ2v) is 4.96. The number of hydrogen-bond acceptors (Lipinski definition) is 2. The zero-order chi connectivity index (χ0) is 13.3. The maximum absolute atomic E-state index is 12.1. The highest BCUT2D eigenvalue weighted by molar-refractivity contribution is 5.85. The van der Waals surface area contributed by atoms with Crippen LogP contribution in [-0.2, 0) is 9.59 Å². The molecule has 2 unspecified atom stereocenters. The topological polar surface area (TPSA) is 40.6 Å². The van der Waals surface area contributed by atoms with Crippen molar-refractivity contribution in [1.82, 2.24) is 9.80 Å². The number of likely N-dealkylation sites (tertiary alicyclic amines) is 2. The van der Waals surface area contributed by atoms with E-state index in [4.69, 9.17) is 0 Å². The molecule has 0 aromatic carbocycles. The predicted molar refractivity (Wildman–Crippen MR) is 69.5 cm³/mol. The molecule has 2 atom stereocenters. The third-order valence-corrected chi connectivity index (χ3v) is 4.03. The predicted octanol–water partition coefficient (Wildman–Crippen LogP) is 1.40. The summed E-state index contributed by atoms with van der Waals surface area (Å²) in [5, 5.41) is 0. The summed E-state index contributed by atoms with van der Waals surface area (Å²) in [5.41, 5.74) is 0. The normalized spacial score (nSPS) is 29.8. The molecular formula is C14H20N2O2. The van der Waals surface area contributed by atoms with Crippen molar-refractivity contribution in [3.63, 3.8) is 0 Å². The van der Waals surface area contributed by atoms with E-state index in [0.29, 0.717) is 13.1 Å². The Labute approximate surface area is 108 Å². The van der Waals surface area contributed by atoms with Gasteiger partial charge in [0.1, 0.15) is 6.17 Å². The van der Waals surface area contributed by atoms with Gasteiger partial charge in [-0.3, -0.25) is 9.59 Å². The molecule has 2 fully saturated rings. The van der Waals surface area contributed by atoms with Gasteiger partial charge >= 0.3 is 0 Å². The van der Waals surface area contributed by atoms with Crippen LogP contribution in [0.5, 0.6) is 0 Å². The van der Waals surface area contributed by atoms with Crippen LogP contribution in [0.1, 0.15) is 19.8 Å². The van der Waals surface area contributed by atoms with Gasteiger partial charge in [-0.15, -0.1) is 13.2 Å². The zero-order valence-electron chi connectivity index (χ0n) is 10.8. The van der Waals surface area contributed by atoms with Crippen molar-refractivity contribution in [3.05, 3.63) is 25.3 Å². The molecule has 0 bridgehead atoms. The smallest absolute Gasteiger partial charge is 0.231 e. The molecule has 0 saturated carbocycles. The van der Waals surface area contributed by atoms with Crippen molar-refractivity contribution in [3.8, 4) is 0 Å². The summed E-state index contributed by atoms with van der Waals surface area (Å²) in [6.45, 7) is 10.7. The lowest BCUT2D eigenvalue weighted by atomic mass is 10.1. The standard InChI is InChI=1S/C14H20N2O2/c1-4-11-6-8-15(13(11)17)10(3)16-9-7-12(5-2)14(16)18/h4-5,10-12H,1-2,6-9H2,3H3. The first kappa shape index (κ1) is 12.9. The minimum atomic E-state index is -0.153.